The lowest BCUT2D eigenvalue weighted by Gasteiger charge is -2.17. The highest BCUT2D eigenvalue weighted by molar-refractivity contribution is 7.13. The molecule has 2 heterocycles. The molecule has 7 nitrogen and oxygen atoms in total. The van der Waals surface area contributed by atoms with E-state index in [9.17, 15) is 4.79 Å². The standard InChI is InChI=1S/C16H22N4O3S/c1-5-12(6-2)23-14-8-11(7-13(18-14)22-10(3)4)15(21)19-16-20-17-9-24-16/h7-10,12H,5-6H2,1-4H3,(H,19,20,21). The zero-order chi connectivity index (χ0) is 17.5. The van der Waals surface area contributed by atoms with Crippen molar-refractivity contribution in [3.8, 4) is 11.8 Å². The second-order valence-electron chi connectivity index (χ2n) is 5.45. The van der Waals surface area contributed by atoms with Gasteiger partial charge in [0, 0.05) is 12.1 Å². The first-order valence-electron chi connectivity index (χ1n) is 7.94. The van der Waals surface area contributed by atoms with Gasteiger partial charge in [-0.2, -0.15) is 4.98 Å². The zero-order valence-corrected chi connectivity index (χ0v) is 15.1. The molecule has 0 saturated carbocycles. The SMILES string of the molecule is CCC(CC)Oc1cc(C(=O)Nc2nncs2)cc(OC(C)C)n1. The van der Waals surface area contributed by atoms with Crippen molar-refractivity contribution >= 4 is 22.4 Å². The third-order valence-electron chi connectivity index (χ3n) is 3.18. The Bertz CT molecular complexity index is 657. The van der Waals surface area contributed by atoms with Gasteiger partial charge in [0.15, 0.2) is 0 Å². The summed E-state index contributed by atoms with van der Waals surface area (Å²) in [6, 6.07) is 3.21. The molecule has 24 heavy (non-hydrogen) atoms. The van der Waals surface area contributed by atoms with Crippen molar-refractivity contribution in [3.63, 3.8) is 0 Å². The highest BCUT2D eigenvalue weighted by Crippen LogP contribution is 2.22. The molecule has 0 bridgehead atoms. The molecule has 2 aromatic rings. The van der Waals surface area contributed by atoms with Crippen LogP contribution < -0.4 is 14.8 Å². The number of pyridine rings is 1. The van der Waals surface area contributed by atoms with Gasteiger partial charge in [-0.25, -0.2) is 0 Å². The van der Waals surface area contributed by atoms with Gasteiger partial charge in [-0.1, -0.05) is 25.2 Å². The first kappa shape index (κ1) is 18.1. The van der Waals surface area contributed by atoms with E-state index in [1.54, 1.807) is 17.6 Å². The first-order valence-corrected chi connectivity index (χ1v) is 8.82. The molecule has 130 valence electrons. The van der Waals surface area contributed by atoms with E-state index >= 15 is 0 Å². The summed E-state index contributed by atoms with van der Waals surface area (Å²) >= 11 is 1.25. The molecule has 0 radical (unpaired) electrons. The summed E-state index contributed by atoms with van der Waals surface area (Å²) in [5, 5.41) is 10.6. The molecule has 0 spiro atoms. The molecule has 0 saturated heterocycles. The maximum absolute atomic E-state index is 12.4. The van der Waals surface area contributed by atoms with Gasteiger partial charge in [0.25, 0.3) is 5.91 Å². The lowest BCUT2D eigenvalue weighted by atomic mass is 10.2. The minimum Gasteiger partial charge on any atom is -0.475 e. The van der Waals surface area contributed by atoms with Crippen molar-refractivity contribution in [2.24, 2.45) is 0 Å². The molecule has 2 rings (SSSR count). The lowest BCUT2D eigenvalue weighted by molar-refractivity contribution is 0.102. The van der Waals surface area contributed by atoms with Crippen LogP contribution in [0.1, 0.15) is 50.9 Å². The number of nitrogens with one attached hydrogen (secondary N) is 1. The number of hydrogen-bond donors (Lipinski definition) is 1. The Balaban J connectivity index is 2.25. The van der Waals surface area contributed by atoms with Gasteiger partial charge >= 0.3 is 0 Å². The van der Waals surface area contributed by atoms with Gasteiger partial charge in [0.05, 0.1) is 17.8 Å². The average Bonchev–Trinajstić information content (AvgIpc) is 3.04. The van der Waals surface area contributed by atoms with Gasteiger partial charge in [-0.3, -0.25) is 10.1 Å². The quantitative estimate of drug-likeness (QED) is 0.783. The monoisotopic (exact) mass is 350 g/mol. The normalized spacial score (nSPS) is 10.9. The van der Waals surface area contributed by atoms with Crippen molar-refractivity contribution in [2.45, 2.75) is 52.7 Å². The van der Waals surface area contributed by atoms with Crippen molar-refractivity contribution in [3.05, 3.63) is 23.2 Å². The maximum atomic E-state index is 12.4. The molecular formula is C16H22N4O3S. The van der Waals surface area contributed by atoms with Gasteiger partial charge in [0.2, 0.25) is 16.9 Å². The van der Waals surface area contributed by atoms with Crippen molar-refractivity contribution in [1.82, 2.24) is 15.2 Å². The number of carbonyl (C=O) groups is 1. The van der Waals surface area contributed by atoms with Crippen molar-refractivity contribution < 1.29 is 14.3 Å². The molecule has 1 amide bonds. The number of aromatic nitrogens is 3. The topological polar surface area (TPSA) is 86.2 Å². The van der Waals surface area contributed by atoms with Crippen LogP contribution in [-0.4, -0.2) is 33.3 Å². The van der Waals surface area contributed by atoms with E-state index in [1.807, 2.05) is 27.7 Å². The van der Waals surface area contributed by atoms with E-state index in [0.29, 0.717) is 22.5 Å². The number of rotatable bonds is 8. The average molecular weight is 350 g/mol. The van der Waals surface area contributed by atoms with Crippen LogP contribution in [0.3, 0.4) is 0 Å². The van der Waals surface area contributed by atoms with Crippen LogP contribution >= 0.6 is 11.3 Å². The number of nitrogens with zero attached hydrogens (tertiary/aromatic N) is 3. The fourth-order valence-corrected chi connectivity index (χ4v) is 2.44. The summed E-state index contributed by atoms with van der Waals surface area (Å²) in [7, 11) is 0. The second-order valence-corrected chi connectivity index (χ2v) is 6.29. The number of ether oxygens (including phenoxy) is 2. The van der Waals surface area contributed by atoms with Gasteiger partial charge in [0.1, 0.15) is 5.51 Å². The Hall–Kier alpha value is -2.22. The van der Waals surface area contributed by atoms with Crippen LogP contribution in [0.5, 0.6) is 11.8 Å². The molecule has 2 aromatic heterocycles. The lowest BCUT2D eigenvalue weighted by Crippen LogP contribution is -2.17. The number of hydrogen-bond acceptors (Lipinski definition) is 7. The van der Waals surface area contributed by atoms with Gasteiger partial charge < -0.3 is 9.47 Å². The molecule has 8 heteroatoms. The minimum absolute atomic E-state index is 0.0471. The molecule has 0 aliphatic heterocycles. The Morgan fingerprint density at radius 2 is 1.88 bits per heavy atom. The van der Waals surface area contributed by atoms with Crippen LogP contribution in [0.15, 0.2) is 17.6 Å². The Morgan fingerprint density at radius 3 is 2.42 bits per heavy atom. The third-order valence-corrected chi connectivity index (χ3v) is 3.78. The number of anilines is 1. The van der Waals surface area contributed by atoms with Crippen molar-refractivity contribution in [2.75, 3.05) is 5.32 Å². The molecule has 0 unspecified atom stereocenters. The van der Waals surface area contributed by atoms with E-state index in [0.717, 1.165) is 12.8 Å². The highest BCUT2D eigenvalue weighted by Gasteiger charge is 2.15. The molecule has 0 aliphatic carbocycles. The second kappa shape index (κ2) is 8.58. The summed E-state index contributed by atoms with van der Waals surface area (Å²) in [6.07, 6.45) is 1.71. The Kier molecular flexibility index (Phi) is 6.48. The molecule has 1 N–H and O–H groups in total. The molecular weight excluding hydrogens is 328 g/mol. The van der Waals surface area contributed by atoms with Crippen LogP contribution in [-0.2, 0) is 0 Å². The summed E-state index contributed by atoms with van der Waals surface area (Å²) in [5.74, 6) is 0.428. The van der Waals surface area contributed by atoms with Crippen LogP contribution in [0.2, 0.25) is 0 Å². The fourth-order valence-electron chi connectivity index (χ4n) is 2.00. The Morgan fingerprint density at radius 1 is 1.21 bits per heavy atom. The number of carbonyl (C=O) groups excluding carboxylic acids is 1. The van der Waals surface area contributed by atoms with E-state index < -0.39 is 0 Å². The smallest absolute Gasteiger partial charge is 0.257 e. The predicted molar refractivity (Wildman–Crippen MR) is 92.9 cm³/mol. The van der Waals surface area contributed by atoms with Crippen molar-refractivity contribution in [1.29, 1.82) is 0 Å². The summed E-state index contributed by atoms with van der Waals surface area (Å²) in [5.41, 5.74) is 1.95. The maximum Gasteiger partial charge on any atom is 0.257 e. The van der Waals surface area contributed by atoms with Gasteiger partial charge in [-0.05, 0) is 26.7 Å². The van der Waals surface area contributed by atoms with Crippen LogP contribution in [0.4, 0.5) is 5.13 Å². The summed E-state index contributed by atoms with van der Waals surface area (Å²) < 4.78 is 11.5. The molecule has 0 fully saturated rings. The highest BCUT2D eigenvalue weighted by atomic mass is 32.1. The van der Waals surface area contributed by atoms with E-state index in [2.05, 4.69) is 20.5 Å². The Labute approximate surface area is 145 Å². The van der Waals surface area contributed by atoms with Crippen LogP contribution in [0.25, 0.3) is 0 Å². The fraction of sp³-hybridized carbons (Fsp3) is 0.500. The zero-order valence-electron chi connectivity index (χ0n) is 14.3. The largest absolute Gasteiger partial charge is 0.475 e. The molecule has 0 aromatic carbocycles. The van der Waals surface area contributed by atoms with E-state index in [4.69, 9.17) is 9.47 Å². The van der Waals surface area contributed by atoms with Crippen LogP contribution in [0, 0.1) is 0 Å². The molecule has 0 aliphatic rings. The predicted octanol–water partition coefficient (Wildman–Crippen LogP) is 3.54. The van der Waals surface area contributed by atoms with Gasteiger partial charge in [-0.15, -0.1) is 10.2 Å². The third kappa shape index (κ3) is 5.16. The van der Waals surface area contributed by atoms with E-state index in [1.165, 1.54) is 11.3 Å². The summed E-state index contributed by atoms with van der Waals surface area (Å²) in [4.78, 5) is 16.8. The minimum atomic E-state index is -0.308. The number of amides is 1. The molecule has 0 atom stereocenters. The van der Waals surface area contributed by atoms with E-state index in [-0.39, 0.29) is 18.1 Å². The first-order chi connectivity index (χ1) is 11.5. The summed E-state index contributed by atoms with van der Waals surface area (Å²) in [6.45, 7) is 7.89.